The lowest BCUT2D eigenvalue weighted by atomic mass is 9.85. The number of aromatic nitrogens is 3. The van der Waals surface area contributed by atoms with Gasteiger partial charge in [0.15, 0.2) is 5.78 Å². The number of Topliss-reactive ketones (excluding diaryl/α,β-unsaturated/α-hetero) is 1. The van der Waals surface area contributed by atoms with E-state index >= 15 is 0 Å². The van der Waals surface area contributed by atoms with Crippen LogP contribution >= 0.6 is 0 Å². The quantitative estimate of drug-likeness (QED) is 0.717. The van der Waals surface area contributed by atoms with Crippen LogP contribution in [0.15, 0.2) is 25.3 Å². The third-order valence-corrected chi connectivity index (χ3v) is 2.44. The van der Waals surface area contributed by atoms with Crippen molar-refractivity contribution in [2.45, 2.75) is 39.7 Å². The van der Waals surface area contributed by atoms with Gasteiger partial charge in [0.1, 0.15) is 18.7 Å². The summed E-state index contributed by atoms with van der Waals surface area (Å²) in [6.45, 7) is 9.45. The fraction of sp³-hybridized carbons (Fsp3) is 0.583. The van der Waals surface area contributed by atoms with Gasteiger partial charge in [0, 0.05) is 5.41 Å². The third kappa shape index (κ3) is 3.02. The number of carbonyl (C=O) groups excluding carboxylic acids is 1. The highest BCUT2D eigenvalue weighted by molar-refractivity contribution is 5.87. The van der Waals surface area contributed by atoms with Gasteiger partial charge in [-0.3, -0.25) is 4.79 Å². The average molecular weight is 221 g/mol. The second kappa shape index (κ2) is 5.05. The zero-order valence-corrected chi connectivity index (χ0v) is 10.2. The number of hydrogen-bond donors (Lipinski definition) is 0. The maximum atomic E-state index is 12.2. The third-order valence-electron chi connectivity index (χ3n) is 2.44. The average Bonchev–Trinajstić information content (AvgIpc) is 2.70. The Bertz CT molecular complexity index is 349. The molecule has 0 amide bonds. The number of hydrogen-bond acceptors (Lipinski definition) is 3. The number of allylic oxidation sites excluding steroid dienone is 1. The van der Waals surface area contributed by atoms with Gasteiger partial charge >= 0.3 is 0 Å². The molecule has 0 bridgehead atoms. The molecule has 16 heavy (non-hydrogen) atoms. The molecule has 0 fully saturated rings. The van der Waals surface area contributed by atoms with Crippen LogP contribution in [0.5, 0.6) is 0 Å². The van der Waals surface area contributed by atoms with E-state index in [2.05, 4.69) is 16.7 Å². The number of nitrogens with zero attached hydrogens (tertiary/aromatic N) is 3. The molecule has 0 spiro atoms. The topological polar surface area (TPSA) is 47.8 Å². The Hall–Kier alpha value is -1.45. The predicted octanol–water partition coefficient (Wildman–Crippen LogP) is 2.40. The van der Waals surface area contributed by atoms with E-state index in [0.717, 1.165) is 12.8 Å². The molecule has 88 valence electrons. The van der Waals surface area contributed by atoms with Crippen LogP contribution in [0.25, 0.3) is 0 Å². The molecule has 0 saturated carbocycles. The van der Waals surface area contributed by atoms with Gasteiger partial charge in [-0.25, -0.2) is 9.67 Å². The van der Waals surface area contributed by atoms with E-state index in [1.54, 1.807) is 11.0 Å². The molecule has 0 aliphatic carbocycles. The monoisotopic (exact) mass is 221 g/mol. The number of ketones is 1. The summed E-state index contributed by atoms with van der Waals surface area (Å²) in [5, 5.41) is 4.05. The molecule has 4 heteroatoms. The molecule has 1 unspecified atom stereocenters. The van der Waals surface area contributed by atoms with Crippen LogP contribution in [0.4, 0.5) is 0 Å². The van der Waals surface area contributed by atoms with Gasteiger partial charge in [0.05, 0.1) is 0 Å². The standard InChI is InChI=1S/C12H19N3O/c1-5-6-7-10(11(16)12(2,3)4)15-9-13-8-14-15/h5,8-10H,1,6-7H2,2-4H3. The first-order valence-corrected chi connectivity index (χ1v) is 5.46. The summed E-state index contributed by atoms with van der Waals surface area (Å²) in [7, 11) is 0. The highest BCUT2D eigenvalue weighted by atomic mass is 16.1. The molecule has 1 atom stereocenters. The van der Waals surface area contributed by atoms with E-state index in [1.165, 1.54) is 6.33 Å². The zero-order valence-electron chi connectivity index (χ0n) is 10.2. The highest BCUT2D eigenvalue weighted by Gasteiger charge is 2.30. The van der Waals surface area contributed by atoms with Gasteiger partial charge in [-0.15, -0.1) is 6.58 Å². The molecule has 1 heterocycles. The van der Waals surface area contributed by atoms with Crippen molar-refractivity contribution in [2.24, 2.45) is 5.41 Å². The summed E-state index contributed by atoms with van der Waals surface area (Å²) in [5.41, 5.74) is -0.363. The smallest absolute Gasteiger partial charge is 0.162 e. The van der Waals surface area contributed by atoms with Gasteiger partial charge in [-0.2, -0.15) is 5.10 Å². The number of carbonyl (C=O) groups is 1. The molecule has 0 aliphatic heterocycles. The Morgan fingerprint density at radius 3 is 2.69 bits per heavy atom. The Morgan fingerprint density at radius 2 is 2.25 bits per heavy atom. The van der Waals surface area contributed by atoms with E-state index in [-0.39, 0.29) is 17.2 Å². The summed E-state index contributed by atoms with van der Waals surface area (Å²) >= 11 is 0. The van der Waals surface area contributed by atoms with Crippen LogP contribution in [0.1, 0.15) is 39.7 Å². The maximum absolute atomic E-state index is 12.2. The Labute approximate surface area is 96.4 Å². The first kappa shape index (κ1) is 12.6. The number of rotatable bonds is 5. The van der Waals surface area contributed by atoms with Gasteiger partial charge in [-0.1, -0.05) is 26.8 Å². The highest BCUT2D eigenvalue weighted by Crippen LogP contribution is 2.26. The SMILES string of the molecule is C=CCCC(C(=O)C(C)(C)C)n1cncn1. The van der Waals surface area contributed by atoms with E-state index in [4.69, 9.17) is 0 Å². The van der Waals surface area contributed by atoms with Crippen molar-refractivity contribution >= 4 is 5.78 Å². The van der Waals surface area contributed by atoms with Crippen molar-refractivity contribution < 1.29 is 4.79 Å². The first-order chi connectivity index (χ1) is 7.46. The Balaban J connectivity index is 2.88. The fourth-order valence-electron chi connectivity index (χ4n) is 1.54. The summed E-state index contributed by atoms with van der Waals surface area (Å²) in [6.07, 6.45) is 6.39. The van der Waals surface area contributed by atoms with Crippen molar-refractivity contribution in [3.63, 3.8) is 0 Å². The van der Waals surface area contributed by atoms with Crippen LogP contribution in [0.3, 0.4) is 0 Å². The molecular weight excluding hydrogens is 202 g/mol. The van der Waals surface area contributed by atoms with Crippen LogP contribution < -0.4 is 0 Å². The molecular formula is C12H19N3O. The van der Waals surface area contributed by atoms with Crippen LogP contribution in [-0.2, 0) is 4.79 Å². The second-order valence-corrected chi connectivity index (χ2v) is 4.87. The molecule has 1 rings (SSSR count). The second-order valence-electron chi connectivity index (χ2n) is 4.87. The largest absolute Gasteiger partial charge is 0.297 e. The van der Waals surface area contributed by atoms with Gasteiger partial charge in [-0.05, 0) is 12.8 Å². The van der Waals surface area contributed by atoms with Crippen LogP contribution in [-0.4, -0.2) is 20.5 Å². The van der Waals surface area contributed by atoms with E-state index in [9.17, 15) is 4.79 Å². The Morgan fingerprint density at radius 1 is 1.56 bits per heavy atom. The minimum Gasteiger partial charge on any atom is -0.297 e. The minimum atomic E-state index is -0.363. The predicted molar refractivity (Wildman–Crippen MR) is 63.0 cm³/mol. The minimum absolute atomic E-state index is 0.180. The van der Waals surface area contributed by atoms with Crippen LogP contribution in [0.2, 0.25) is 0 Å². The van der Waals surface area contributed by atoms with Crippen molar-refractivity contribution in [2.75, 3.05) is 0 Å². The van der Waals surface area contributed by atoms with Crippen molar-refractivity contribution in [1.29, 1.82) is 0 Å². The molecule has 0 saturated heterocycles. The van der Waals surface area contributed by atoms with Crippen LogP contribution in [0, 0.1) is 5.41 Å². The molecule has 1 aromatic heterocycles. The van der Waals surface area contributed by atoms with Crippen molar-refractivity contribution in [3.8, 4) is 0 Å². The summed E-state index contributed by atoms with van der Waals surface area (Å²) in [4.78, 5) is 16.1. The molecule has 0 N–H and O–H groups in total. The lowest BCUT2D eigenvalue weighted by Gasteiger charge is -2.24. The summed E-state index contributed by atoms with van der Waals surface area (Å²) < 4.78 is 1.64. The molecule has 0 aromatic carbocycles. The molecule has 0 aliphatic rings. The van der Waals surface area contributed by atoms with E-state index in [1.807, 2.05) is 26.8 Å². The van der Waals surface area contributed by atoms with Gasteiger partial charge < -0.3 is 0 Å². The molecule has 4 nitrogen and oxygen atoms in total. The van der Waals surface area contributed by atoms with E-state index < -0.39 is 0 Å². The van der Waals surface area contributed by atoms with E-state index in [0.29, 0.717) is 0 Å². The maximum Gasteiger partial charge on any atom is 0.162 e. The lowest BCUT2D eigenvalue weighted by Crippen LogP contribution is -2.30. The van der Waals surface area contributed by atoms with Gasteiger partial charge in [0.25, 0.3) is 0 Å². The van der Waals surface area contributed by atoms with Gasteiger partial charge in [0.2, 0.25) is 0 Å². The summed E-state index contributed by atoms with van der Waals surface area (Å²) in [6, 6.07) is -0.236. The first-order valence-electron chi connectivity index (χ1n) is 5.46. The van der Waals surface area contributed by atoms with Crippen molar-refractivity contribution in [1.82, 2.24) is 14.8 Å². The van der Waals surface area contributed by atoms with Crippen molar-refractivity contribution in [3.05, 3.63) is 25.3 Å². The molecule has 0 radical (unpaired) electrons. The fourth-order valence-corrected chi connectivity index (χ4v) is 1.54. The molecule has 1 aromatic rings. The zero-order chi connectivity index (χ0) is 12.2. The Kier molecular flexibility index (Phi) is 3.99. The lowest BCUT2D eigenvalue weighted by molar-refractivity contribution is -0.130. The summed E-state index contributed by atoms with van der Waals surface area (Å²) in [5.74, 6) is 0.180. The normalized spacial score (nSPS) is 13.4.